The fourth-order valence-electron chi connectivity index (χ4n) is 10.3. The van der Waals surface area contributed by atoms with Crippen molar-refractivity contribution in [3.05, 3.63) is 254 Å². The van der Waals surface area contributed by atoms with Gasteiger partial charge in [-0.25, -0.2) is 19.8 Å². The average Bonchev–Trinajstić information content (AvgIpc) is 3.78. The minimum absolute atomic E-state index is 0.576. The Hall–Kier alpha value is -9.56. The average molecular weight is 889 g/mol. The van der Waals surface area contributed by atoms with Crippen molar-refractivity contribution in [2.75, 3.05) is 0 Å². The maximum absolute atomic E-state index is 8.17. The zero-order valence-electron chi connectivity index (χ0n) is 37.9. The van der Waals surface area contributed by atoms with Crippen LogP contribution in [0.1, 0.15) is 0 Å². The summed E-state index contributed by atoms with van der Waals surface area (Å²) in [6.07, 6.45) is 0. The summed E-state index contributed by atoms with van der Waals surface area (Å²) in [5.74, 6) is 1.78. The summed E-state index contributed by atoms with van der Waals surface area (Å²) in [6.45, 7) is 8.17. The van der Waals surface area contributed by atoms with Crippen LogP contribution in [-0.4, -0.2) is 15.0 Å². The molecule has 0 fully saturated rings. The summed E-state index contributed by atoms with van der Waals surface area (Å²) < 4.78 is 0. The maximum Gasteiger partial charge on any atom is 0.194 e. The first-order valence-corrected chi connectivity index (χ1v) is 23.5. The van der Waals surface area contributed by atoms with Gasteiger partial charge in [0, 0.05) is 16.7 Å². The molecule has 324 valence electrons. The van der Waals surface area contributed by atoms with Crippen LogP contribution in [0.2, 0.25) is 0 Å². The minimum Gasteiger partial charge on any atom is -0.238 e. The largest absolute Gasteiger partial charge is 0.238 e. The monoisotopic (exact) mass is 888 g/mol. The summed E-state index contributed by atoms with van der Waals surface area (Å²) in [5.41, 5.74) is 19.4. The van der Waals surface area contributed by atoms with Crippen LogP contribution in [0, 0.1) is 6.57 Å². The van der Waals surface area contributed by atoms with Gasteiger partial charge in [0.15, 0.2) is 23.2 Å². The molecule has 0 amide bonds. The highest BCUT2D eigenvalue weighted by molar-refractivity contribution is 6.18. The highest BCUT2D eigenvalue weighted by Crippen LogP contribution is 2.51. The lowest BCUT2D eigenvalue weighted by molar-refractivity contribution is 1.07. The van der Waals surface area contributed by atoms with Crippen molar-refractivity contribution < 1.29 is 0 Å². The van der Waals surface area contributed by atoms with Gasteiger partial charge in [-0.2, -0.15) is 0 Å². The zero-order valence-corrected chi connectivity index (χ0v) is 37.9. The smallest absolute Gasteiger partial charge is 0.194 e. The van der Waals surface area contributed by atoms with Crippen molar-refractivity contribution in [3.8, 4) is 112 Å². The molecule has 0 aliphatic heterocycles. The van der Waals surface area contributed by atoms with E-state index in [4.69, 9.17) is 21.5 Å². The molecule has 0 saturated heterocycles. The lowest BCUT2D eigenvalue weighted by atomic mass is 9.90. The van der Waals surface area contributed by atoms with Crippen LogP contribution in [0.4, 0.5) is 5.69 Å². The van der Waals surface area contributed by atoms with E-state index in [9.17, 15) is 0 Å². The molecule has 1 aliphatic carbocycles. The van der Waals surface area contributed by atoms with Gasteiger partial charge in [-0.15, -0.1) is 0 Å². The Balaban J connectivity index is 0.815. The summed E-state index contributed by atoms with van der Waals surface area (Å²) in [5, 5.41) is 5.04. The van der Waals surface area contributed by atoms with E-state index in [2.05, 4.69) is 199 Å². The third-order valence-electron chi connectivity index (χ3n) is 13.7. The number of rotatable bonds is 8. The first-order chi connectivity index (χ1) is 34.6. The van der Waals surface area contributed by atoms with Gasteiger partial charge in [-0.3, -0.25) is 0 Å². The number of benzene rings is 11. The van der Waals surface area contributed by atoms with E-state index in [0.29, 0.717) is 23.2 Å². The van der Waals surface area contributed by atoms with Crippen LogP contribution in [0.5, 0.6) is 0 Å². The molecule has 4 heteroatoms. The topological polar surface area (TPSA) is 43.0 Å². The van der Waals surface area contributed by atoms with Crippen LogP contribution >= 0.6 is 0 Å². The third kappa shape index (κ3) is 7.13. The van der Waals surface area contributed by atoms with Gasteiger partial charge in [0.25, 0.3) is 0 Å². The Morgan fingerprint density at radius 2 is 0.700 bits per heavy atom. The van der Waals surface area contributed by atoms with Gasteiger partial charge in [0.05, 0.1) is 6.57 Å². The number of fused-ring (bicyclic) bond motifs is 4. The number of nitrogens with zero attached hydrogens (tertiary/aromatic N) is 4. The predicted octanol–water partition coefficient (Wildman–Crippen LogP) is 17.7. The quantitative estimate of drug-likeness (QED) is 0.143. The van der Waals surface area contributed by atoms with Gasteiger partial charge in [-0.05, 0) is 105 Å². The summed E-state index contributed by atoms with van der Waals surface area (Å²) >= 11 is 0. The van der Waals surface area contributed by atoms with Crippen molar-refractivity contribution in [1.29, 1.82) is 0 Å². The lowest BCUT2D eigenvalue weighted by Crippen LogP contribution is -2.00. The second-order valence-electron chi connectivity index (χ2n) is 17.8. The Morgan fingerprint density at radius 1 is 0.257 bits per heavy atom. The van der Waals surface area contributed by atoms with Crippen LogP contribution < -0.4 is 0 Å². The molecular weight excluding hydrogens is 849 g/mol. The molecule has 0 bridgehead atoms. The fourth-order valence-corrected chi connectivity index (χ4v) is 10.3. The summed E-state index contributed by atoms with van der Waals surface area (Å²) in [4.78, 5) is 19.0. The van der Waals surface area contributed by atoms with E-state index in [1.54, 1.807) is 0 Å². The van der Waals surface area contributed by atoms with Gasteiger partial charge >= 0.3 is 0 Å². The van der Waals surface area contributed by atoms with Crippen molar-refractivity contribution >= 4 is 27.2 Å². The molecule has 0 unspecified atom stereocenters. The SMILES string of the molecule is [C-]#[N+]c1ccc(-c2ccccc2-c2ccc(-c3cccc4c3-c3cccc5cccc-4c35)cc2)cc1-c1ccc(-c2nc(-c3ccccc3)nc(-c3ccc(-c4ccc5ccccc5c4)cc3)n2)cc1. The van der Waals surface area contributed by atoms with E-state index in [-0.39, 0.29) is 0 Å². The molecule has 12 aromatic rings. The van der Waals surface area contributed by atoms with E-state index in [1.807, 2.05) is 48.5 Å². The van der Waals surface area contributed by atoms with Gasteiger partial charge in [-0.1, -0.05) is 237 Å². The van der Waals surface area contributed by atoms with Crippen molar-refractivity contribution in [3.63, 3.8) is 0 Å². The standard InChI is InChI=1S/C66H40N4/c1-67-61-39-38-53(55-19-8-7-18-54(55)44-27-29-45(30-28-44)56-20-11-22-58-57-21-9-16-47-17-10-23-59(62(47)57)63(56)58)41-60(61)46-31-35-50(36-32-46)66-69-64(48-13-3-2-4-14-48)68-65(70-66)49-33-24-43(25-34-49)52-37-26-42-12-5-6-15-51(42)40-52/h2-41H. The molecule has 1 heterocycles. The first kappa shape index (κ1) is 40.7. The van der Waals surface area contributed by atoms with E-state index < -0.39 is 0 Å². The molecule has 4 nitrogen and oxygen atoms in total. The molecule has 0 N–H and O–H groups in total. The molecule has 0 atom stereocenters. The Kier molecular flexibility index (Phi) is 9.85. The molecule has 1 aliphatic rings. The molecule has 0 spiro atoms. The lowest BCUT2D eigenvalue weighted by Gasteiger charge is -2.15. The Bertz CT molecular complexity index is 4030. The van der Waals surface area contributed by atoms with Gasteiger partial charge in [0.1, 0.15) is 0 Å². The summed E-state index contributed by atoms with van der Waals surface area (Å²) in [7, 11) is 0. The van der Waals surface area contributed by atoms with Crippen LogP contribution in [0.25, 0.3) is 138 Å². The third-order valence-corrected chi connectivity index (χ3v) is 13.7. The fraction of sp³-hybridized carbons (Fsp3) is 0. The second-order valence-corrected chi connectivity index (χ2v) is 17.8. The Labute approximate surface area is 406 Å². The zero-order chi connectivity index (χ0) is 46.5. The molecule has 0 radical (unpaired) electrons. The minimum atomic E-state index is 0.576. The number of hydrogen-bond donors (Lipinski definition) is 0. The molecule has 1 aromatic heterocycles. The summed E-state index contributed by atoms with van der Waals surface area (Å²) in [6, 6.07) is 85.3. The van der Waals surface area contributed by atoms with Crippen molar-refractivity contribution in [2.24, 2.45) is 0 Å². The molecule has 0 saturated carbocycles. The predicted molar refractivity (Wildman–Crippen MR) is 289 cm³/mol. The van der Waals surface area contributed by atoms with Gasteiger partial charge < -0.3 is 0 Å². The van der Waals surface area contributed by atoms with Gasteiger partial charge in [0.2, 0.25) is 0 Å². The Morgan fingerprint density at radius 3 is 1.37 bits per heavy atom. The van der Waals surface area contributed by atoms with E-state index in [1.165, 1.54) is 54.9 Å². The van der Waals surface area contributed by atoms with E-state index in [0.717, 1.165) is 61.2 Å². The molecule has 13 rings (SSSR count). The molecular formula is C66H40N4. The van der Waals surface area contributed by atoms with Crippen LogP contribution in [0.15, 0.2) is 243 Å². The van der Waals surface area contributed by atoms with Crippen molar-refractivity contribution in [2.45, 2.75) is 0 Å². The number of hydrogen-bond acceptors (Lipinski definition) is 3. The second kappa shape index (κ2) is 16.9. The van der Waals surface area contributed by atoms with Crippen LogP contribution in [-0.2, 0) is 0 Å². The van der Waals surface area contributed by atoms with Crippen LogP contribution in [0.3, 0.4) is 0 Å². The highest BCUT2D eigenvalue weighted by Gasteiger charge is 2.24. The van der Waals surface area contributed by atoms with E-state index >= 15 is 0 Å². The first-order valence-electron chi connectivity index (χ1n) is 23.5. The normalized spacial score (nSPS) is 11.4. The molecule has 70 heavy (non-hydrogen) atoms. The van der Waals surface area contributed by atoms with Crippen molar-refractivity contribution in [1.82, 2.24) is 15.0 Å². The maximum atomic E-state index is 8.17. The highest BCUT2D eigenvalue weighted by atomic mass is 15.0. The number of aromatic nitrogens is 3. The molecule has 11 aromatic carbocycles.